The van der Waals surface area contributed by atoms with E-state index < -0.39 is 11.5 Å². The Balaban J connectivity index is 0.00000345. The number of carbonyl (C=O) groups excluding carboxylic acids is 3. The van der Waals surface area contributed by atoms with Gasteiger partial charge in [0.2, 0.25) is 11.8 Å². The molecule has 0 radical (unpaired) electrons. The Labute approximate surface area is 267 Å². The van der Waals surface area contributed by atoms with Gasteiger partial charge in [-0.25, -0.2) is 11.4 Å². The third kappa shape index (κ3) is 8.49. The Morgan fingerprint density at radius 1 is 1.20 bits per heavy atom. The Bertz CT molecular complexity index is 1300. The highest BCUT2D eigenvalue weighted by Gasteiger charge is 2.60. The second-order valence-corrected chi connectivity index (χ2v) is 11.2. The number of fused-ring (bicyclic) bond motifs is 1. The van der Waals surface area contributed by atoms with E-state index in [1.165, 1.54) is 0 Å². The predicted molar refractivity (Wildman–Crippen MR) is 177 cm³/mol. The summed E-state index contributed by atoms with van der Waals surface area (Å²) in [6.45, 7) is 10.1. The number of nitrogens with one attached hydrogen (secondary N) is 4. The zero-order chi connectivity index (χ0) is 33.7. The lowest BCUT2D eigenvalue weighted by molar-refractivity contribution is -0.131. The summed E-state index contributed by atoms with van der Waals surface area (Å²) in [6, 6.07) is 8.85. The monoisotopic (exact) mass is 621 g/mol. The van der Waals surface area contributed by atoms with E-state index in [1.807, 2.05) is 52.0 Å². The molecule has 0 bridgehead atoms. The van der Waals surface area contributed by atoms with Crippen LogP contribution in [0.1, 0.15) is 76.2 Å². The molecule has 1 saturated carbocycles. The van der Waals surface area contributed by atoms with Crippen LogP contribution in [0.2, 0.25) is 0 Å². The number of likely N-dealkylation sites (tertiary alicyclic amines) is 1. The van der Waals surface area contributed by atoms with Crippen LogP contribution in [0.25, 0.3) is 0 Å². The van der Waals surface area contributed by atoms with Gasteiger partial charge in [0.15, 0.2) is 0 Å². The molecule has 1 aliphatic carbocycles. The van der Waals surface area contributed by atoms with E-state index in [4.69, 9.17) is 11.6 Å². The summed E-state index contributed by atoms with van der Waals surface area (Å²) in [4.78, 5) is 39.4. The molecule has 1 saturated heterocycles. The second kappa shape index (κ2) is 17.3. The summed E-state index contributed by atoms with van der Waals surface area (Å²) >= 11 is 0. The third-order valence-electron chi connectivity index (χ3n) is 8.60. The molecule has 5 unspecified atom stereocenters. The van der Waals surface area contributed by atoms with Crippen LogP contribution in [-0.2, 0) is 15.0 Å². The number of hydrazone groups is 1. The summed E-state index contributed by atoms with van der Waals surface area (Å²) in [7, 11) is 3.14. The standard InChI is InChI=1S/C31H45N9O3.C2H6/c1-6-8-22(9-7-10-26(41)35-4)31(30(33)38-39-34,23-13-11-21(12-14-23)29(43)36-5)16-19(2)37-18-27(42)40-24(17-32)15-25-20(3)28(25)40;1-2/h7-9,11-14,19-20,24-25,28,37,39H,6,10,15-16,18,34H2,1-5H3,(H2,33,38)(H,35,41)(H,36,43);1-2H3/b9-7-,22-8+;/t19?,20-,24?,25?,28?,31?;/m0./s1. The lowest BCUT2D eigenvalue weighted by Crippen LogP contribution is -2.50. The first-order valence-electron chi connectivity index (χ1n) is 15.7. The SMILES string of the molecule is CC.CC/C=C(\C=C/CC(=O)NC)C(CC(C)NCC(=O)N1C(C#N)CC2C1[C@H]2C)(/C(N)=N/NN)c1ccc(C(=O)NC)cc1. The molecule has 0 aromatic heterocycles. The molecule has 1 aliphatic heterocycles. The molecule has 6 atom stereocenters. The number of amides is 3. The van der Waals surface area contributed by atoms with Crippen LogP contribution in [0, 0.1) is 23.2 Å². The van der Waals surface area contributed by atoms with E-state index in [0.29, 0.717) is 30.2 Å². The summed E-state index contributed by atoms with van der Waals surface area (Å²) < 4.78 is 0. The number of amidine groups is 1. The smallest absolute Gasteiger partial charge is 0.251 e. The number of hydrogen-bond donors (Lipinski definition) is 6. The molecule has 1 aromatic carbocycles. The lowest BCUT2D eigenvalue weighted by Gasteiger charge is -2.38. The molecular formula is C33H51N9O3. The molecule has 246 valence electrons. The average Bonchev–Trinajstić information content (AvgIpc) is 3.49. The average molecular weight is 622 g/mol. The summed E-state index contributed by atoms with van der Waals surface area (Å²) in [6.07, 6.45) is 7.54. The van der Waals surface area contributed by atoms with Crippen LogP contribution in [-0.4, -0.2) is 67.2 Å². The number of piperidine rings is 1. The van der Waals surface area contributed by atoms with E-state index >= 15 is 0 Å². The first-order valence-corrected chi connectivity index (χ1v) is 15.7. The molecule has 0 spiro atoms. The van der Waals surface area contributed by atoms with Gasteiger partial charge in [0, 0.05) is 38.2 Å². The minimum absolute atomic E-state index is 0.0620. The van der Waals surface area contributed by atoms with Gasteiger partial charge in [-0.2, -0.15) is 10.4 Å². The fourth-order valence-corrected chi connectivity index (χ4v) is 6.27. The maximum absolute atomic E-state index is 13.3. The molecule has 3 amide bonds. The zero-order valence-corrected chi connectivity index (χ0v) is 27.7. The van der Waals surface area contributed by atoms with E-state index in [0.717, 1.165) is 17.6 Å². The normalized spacial score (nSPS) is 22.7. The van der Waals surface area contributed by atoms with Crippen LogP contribution in [0.5, 0.6) is 0 Å². The molecular weight excluding hydrogens is 570 g/mol. The molecule has 3 rings (SSSR count). The molecule has 1 aromatic rings. The highest BCUT2D eigenvalue weighted by atomic mass is 16.2. The number of benzene rings is 1. The largest absolute Gasteiger partial charge is 0.385 e. The van der Waals surface area contributed by atoms with Crippen molar-refractivity contribution in [1.29, 1.82) is 5.26 Å². The molecule has 45 heavy (non-hydrogen) atoms. The number of hydrazine groups is 1. The Hall–Kier alpha value is -4.21. The molecule has 2 aliphatic rings. The molecule has 1 heterocycles. The maximum atomic E-state index is 13.3. The summed E-state index contributed by atoms with van der Waals surface area (Å²) in [5.41, 5.74) is 9.99. The zero-order valence-electron chi connectivity index (χ0n) is 27.7. The number of nitriles is 1. The predicted octanol–water partition coefficient (Wildman–Crippen LogP) is 2.20. The Kier molecular flexibility index (Phi) is 14.2. The van der Waals surface area contributed by atoms with Gasteiger partial charge in [0.25, 0.3) is 5.91 Å². The van der Waals surface area contributed by atoms with Crippen LogP contribution < -0.4 is 33.1 Å². The van der Waals surface area contributed by atoms with Gasteiger partial charge in [-0.05, 0) is 61.3 Å². The van der Waals surface area contributed by atoms with Gasteiger partial charge in [-0.1, -0.05) is 58.1 Å². The minimum Gasteiger partial charge on any atom is -0.385 e. The van der Waals surface area contributed by atoms with Gasteiger partial charge in [-0.3, -0.25) is 14.4 Å². The van der Waals surface area contributed by atoms with Crippen molar-refractivity contribution in [3.8, 4) is 6.07 Å². The number of allylic oxidation sites excluding steroid dienone is 2. The number of carbonyl (C=O) groups is 3. The first kappa shape index (κ1) is 37.0. The fourth-order valence-electron chi connectivity index (χ4n) is 6.27. The van der Waals surface area contributed by atoms with Crippen molar-refractivity contribution in [2.45, 2.75) is 83.8 Å². The second-order valence-electron chi connectivity index (χ2n) is 11.2. The van der Waals surface area contributed by atoms with Crippen LogP contribution in [0.3, 0.4) is 0 Å². The van der Waals surface area contributed by atoms with E-state index in [9.17, 15) is 19.6 Å². The first-order chi connectivity index (χ1) is 21.6. The third-order valence-corrected chi connectivity index (χ3v) is 8.60. The Morgan fingerprint density at radius 2 is 1.87 bits per heavy atom. The van der Waals surface area contributed by atoms with E-state index in [-0.39, 0.29) is 48.6 Å². The van der Waals surface area contributed by atoms with Crippen molar-refractivity contribution in [2.24, 2.45) is 28.5 Å². The molecule has 12 heteroatoms. The quantitative estimate of drug-likeness (QED) is 0.0599. The van der Waals surface area contributed by atoms with Gasteiger partial charge >= 0.3 is 0 Å². The highest BCUT2D eigenvalue weighted by molar-refractivity contribution is 5.97. The van der Waals surface area contributed by atoms with Crippen molar-refractivity contribution >= 4 is 23.6 Å². The molecule has 8 N–H and O–H groups in total. The van der Waals surface area contributed by atoms with Crippen molar-refractivity contribution in [3.05, 3.63) is 59.2 Å². The summed E-state index contributed by atoms with van der Waals surface area (Å²) in [5, 5.41) is 22.4. The van der Waals surface area contributed by atoms with E-state index in [2.05, 4.69) is 39.6 Å². The van der Waals surface area contributed by atoms with Crippen LogP contribution in [0.15, 0.2) is 53.2 Å². The highest BCUT2D eigenvalue weighted by Crippen LogP contribution is 2.52. The van der Waals surface area contributed by atoms with Gasteiger partial charge < -0.3 is 26.6 Å². The topological polar surface area (TPSA) is 191 Å². The minimum atomic E-state index is -1.06. The molecule has 12 nitrogen and oxygen atoms in total. The maximum Gasteiger partial charge on any atom is 0.251 e. The van der Waals surface area contributed by atoms with Gasteiger partial charge in [0.05, 0.1) is 18.0 Å². The van der Waals surface area contributed by atoms with Crippen LogP contribution >= 0.6 is 0 Å². The fraction of sp³-hybridized carbons (Fsp3) is 0.545. The van der Waals surface area contributed by atoms with E-state index in [1.54, 1.807) is 37.2 Å². The van der Waals surface area contributed by atoms with Crippen molar-refractivity contribution in [2.75, 3.05) is 20.6 Å². The number of rotatable bonds is 14. The van der Waals surface area contributed by atoms with Crippen LogP contribution in [0.4, 0.5) is 0 Å². The summed E-state index contributed by atoms with van der Waals surface area (Å²) in [5.74, 6) is 6.14. The number of nitrogens with two attached hydrogens (primary N) is 2. The molecule has 2 fully saturated rings. The van der Waals surface area contributed by atoms with Crippen molar-refractivity contribution in [1.82, 2.24) is 26.4 Å². The van der Waals surface area contributed by atoms with Crippen molar-refractivity contribution < 1.29 is 14.4 Å². The Morgan fingerprint density at radius 3 is 2.42 bits per heavy atom. The van der Waals surface area contributed by atoms with Gasteiger partial charge in [0.1, 0.15) is 11.9 Å². The lowest BCUT2D eigenvalue weighted by atomic mass is 9.68. The number of hydrogen-bond acceptors (Lipinski definition) is 8. The van der Waals surface area contributed by atoms with Gasteiger partial charge in [-0.15, -0.1) is 0 Å². The number of nitrogens with zero attached hydrogens (tertiary/aromatic N) is 3. The van der Waals surface area contributed by atoms with Crippen molar-refractivity contribution in [3.63, 3.8) is 0 Å².